The molecule has 2 aromatic rings. The van der Waals surface area contributed by atoms with E-state index in [1.54, 1.807) is 0 Å². The number of ether oxygens (including phenoxy) is 2. The van der Waals surface area contributed by atoms with Gasteiger partial charge in [-0.1, -0.05) is 42.5 Å². The zero-order chi connectivity index (χ0) is 13.3. The summed E-state index contributed by atoms with van der Waals surface area (Å²) in [4.78, 5) is 0. The fourth-order valence-electron chi connectivity index (χ4n) is 2.44. The van der Waals surface area contributed by atoms with E-state index < -0.39 is 0 Å². The molecule has 98 valence electrons. The lowest BCUT2D eigenvalue weighted by Crippen LogP contribution is -2.24. The molecule has 19 heavy (non-hydrogen) atoms. The van der Waals surface area contributed by atoms with Crippen molar-refractivity contribution in [3.05, 3.63) is 59.7 Å². The average molecular weight is 254 g/mol. The van der Waals surface area contributed by atoms with Crippen LogP contribution < -0.4 is 9.47 Å². The third kappa shape index (κ3) is 2.58. The molecule has 0 unspecified atom stereocenters. The highest BCUT2D eigenvalue weighted by molar-refractivity contribution is 5.50. The maximum Gasteiger partial charge on any atom is 0.165 e. The van der Waals surface area contributed by atoms with Crippen molar-refractivity contribution < 1.29 is 9.47 Å². The third-order valence-electron chi connectivity index (χ3n) is 3.29. The molecule has 0 fully saturated rings. The topological polar surface area (TPSA) is 18.5 Å². The van der Waals surface area contributed by atoms with Crippen LogP contribution in [-0.4, -0.2) is 5.60 Å². The van der Waals surface area contributed by atoms with Gasteiger partial charge in [0.25, 0.3) is 0 Å². The summed E-state index contributed by atoms with van der Waals surface area (Å²) in [6.45, 7) is 4.78. The maximum absolute atomic E-state index is 5.99. The molecule has 0 N–H and O–H groups in total. The van der Waals surface area contributed by atoms with Crippen molar-refractivity contribution >= 4 is 0 Å². The van der Waals surface area contributed by atoms with Gasteiger partial charge in [0.1, 0.15) is 12.2 Å². The summed E-state index contributed by atoms with van der Waals surface area (Å²) in [5, 5.41) is 0. The van der Waals surface area contributed by atoms with Crippen LogP contribution in [0.15, 0.2) is 48.5 Å². The smallest absolute Gasteiger partial charge is 0.165 e. The quantitative estimate of drug-likeness (QED) is 0.824. The molecule has 2 heteroatoms. The van der Waals surface area contributed by atoms with Crippen LogP contribution in [0.3, 0.4) is 0 Å². The summed E-state index contributed by atoms with van der Waals surface area (Å²) in [7, 11) is 0. The fourth-order valence-corrected chi connectivity index (χ4v) is 2.44. The zero-order valence-corrected chi connectivity index (χ0v) is 11.3. The van der Waals surface area contributed by atoms with E-state index in [2.05, 4.69) is 32.0 Å². The lowest BCUT2D eigenvalue weighted by molar-refractivity contribution is 0.131. The molecule has 0 atom stereocenters. The minimum absolute atomic E-state index is 0.130. The molecule has 0 saturated heterocycles. The Kier molecular flexibility index (Phi) is 2.94. The molecular weight excluding hydrogens is 236 g/mol. The lowest BCUT2D eigenvalue weighted by Gasteiger charge is -2.18. The molecule has 3 rings (SSSR count). The van der Waals surface area contributed by atoms with E-state index in [0.717, 1.165) is 23.5 Å². The van der Waals surface area contributed by atoms with Gasteiger partial charge >= 0.3 is 0 Å². The predicted octanol–water partition coefficient (Wildman–Crippen LogP) is 3.98. The van der Waals surface area contributed by atoms with Crippen molar-refractivity contribution in [3.63, 3.8) is 0 Å². The average Bonchev–Trinajstić information content (AvgIpc) is 2.72. The van der Waals surface area contributed by atoms with E-state index >= 15 is 0 Å². The van der Waals surface area contributed by atoms with Crippen molar-refractivity contribution in [1.82, 2.24) is 0 Å². The van der Waals surface area contributed by atoms with E-state index in [1.807, 2.05) is 30.3 Å². The van der Waals surface area contributed by atoms with Crippen LogP contribution in [0.25, 0.3) is 0 Å². The molecule has 0 aromatic heterocycles. The fraction of sp³-hybridized carbons (Fsp3) is 0.294. The van der Waals surface area contributed by atoms with Crippen molar-refractivity contribution in [2.24, 2.45) is 0 Å². The zero-order valence-electron chi connectivity index (χ0n) is 11.3. The molecule has 1 aliphatic heterocycles. The Morgan fingerprint density at radius 3 is 2.63 bits per heavy atom. The van der Waals surface area contributed by atoms with Crippen LogP contribution in [-0.2, 0) is 13.0 Å². The SMILES string of the molecule is CC1(C)Cc2cccc(OCc3ccccc3)c2O1. The molecule has 2 nitrogen and oxygen atoms in total. The van der Waals surface area contributed by atoms with E-state index in [-0.39, 0.29) is 5.60 Å². The molecule has 0 saturated carbocycles. The first kappa shape index (κ1) is 12.1. The number of hydrogen-bond acceptors (Lipinski definition) is 2. The number of para-hydroxylation sites is 1. The molecule has 0 radical (unpaired) electrons. The summed E-state index contributed by atoms with van der Waals surface area (Å²) in [6.07, 6.45) is 0.935. The van der Waals surface area contributed by atoms with E-state index in [4.69, 9.17) is 9.47 Å². The van der Waals surface area contributed by atoms with Gasteiger partial charge in [-0.05, 0) is 25.5 Å². The monoisotopic (exact) mass is 254 g/mol. The second-order valence-electron chi connectivity index (χ2n) is 5.56. The molecule has 2 aromatic carbocycles. The predicted molar refractivity (Wildman–Crippen MR) is 75.6 cm³/mol. The highest BCUT2D eigenvalue weighted by atomic mass is 16.5. The van der Waals surface area contributed by atoms with Crippen molar-refractivity contribution in [3.8, 4) is 11.5 Å². The Bertz CT molecular complexity index is 573. The van der Waals surface area contributed by atoms with Crippen LogP contribution in [0, 0.1) is 0 Å². The largest absolute Gasteiger partial charge is 0.485 e. The summed E-state index contributed by atoms with van der Waals surface area (Å²) in [5.74, 6) is 1.75. The van der Waals surface area contributed by atoms with Crippen molar-refractivity contribution in [1.29, 1.82) is 0 Å². The molecule has 1 aliphatic rings. The number of hydrogen-bond donors (Lipinski definition) is 0. The standard InChI is InChI=1S/C17H18O2/c1-17(2)11-14-9-6-10-15(16(14)19-17)18-12-13-7-4-3-5-8-13/h3-10H,11-12H2,1-2H3. The van der Waals surface area contributed by atoms with Crippen LogP contribution in [0.2, 0.25) is 0 Å². The van der Waals surface area contributed by atoms with E-state index in [1.165, 1.54) is 5.56 Å². The van der Waals surface area contributed by atoms with Gasteiger partial charge in [0.2, 0.25) is 0 Å². The minimum atomic E-state index is -0.130. The van der Waals surface area contributed by atoms with Gasteiger partial charge in [0.05, 0.1) is 0 Å². The first-order valence-corrected chi connectivity index (χ1v) is 6.62. The first-order valence-electron chi connectivity index (χ1n) is 6.62. The Balaban J connectivity index is 1.79. The Morgan fingerprint density at radius 1 is 1.05 bits per heavy atom. The lowest BCUT2D eigenvalue weighted by atomic mass is 10.0. The maximum atomic E-state index is 5.99. The molecular formula is C17H18O2. The van der Waals surface area contributed by atoms with Gasteiger partial charge < -0.3 is 9.47 Å². The second-order valence-corrected chi connectivity index (χ2v) is 5.56. The molecule has 1 heterocycles. The van der Waals surface area contributed by atoms with E-state index in [9.17, 15) is 0 Å². The number of benzene rings is 2. The Hall–Kier alpha value is -1.96. The molecule has 0 amide bonds. The van der Waals surface area contributed by atoms with Crippen molar-refractivity contribution in [2.75, 3.05) is 0 Å². The Labute approximate surface area is 114 Å². The number of fused-ring (bicyclic) bond motifs is 1. The van der Waals surface area contributed by atoms with Crippen molar-refractivity contribution in [2.45, 2.75) is 32.5 Å². The van der Waals surface area contributed by atoms with Crippen LogP contribution in [0.1, 0.15) is 25.0 Å². The number of rotatable bonds is 3. The summed E-state index contributed by atoms with van der Waals surface area (Å²) < 4.78 is 11.9. The molecule has 0 aliphatic carbocycles. The van der Waals surface area contributed by atoms with Crippen LogP contribution >= 0.6 is 0 Å². The second kappa shape index (κ2) is 4.61. The normalized spacial score (nSPS) is 15.7. The van der Waals surface area contributed by atoms with Gasteiger partial charge in [-0.15, -0.1) is 0 Å². The van der Waals surface area contributed by atoms with Crippen LogP contribution in [0.5, 0.6) is 11.5 Å². The summed E-state index contributed by atoms with van der Waals surface area (Å²) >= 11 is 0. The van der Waals surface area contributed by atoms with E-state index in [0.29, 0.717) is 6.61 Å². The van der Waals surface area contributed by atoms with Gasteiger partial charge in [0.15, 0.2) is 11.5 Å². The van der Waals surface area contributed by atoms with Gasteiger partial charge in [-0.3, -0.25) is 0 Å². The summed E-state index contributed by atoms with van der Waals surface area (Å²) in [6, 6.07) is 16.3. The highest BCUT2D eigenvalue weighted by Gasteiger charge is 2.32. The molecule has 0 spiro atoms. The van der Waals surface area contributed by atoms with Crippen LogP contribution in [0.4, 0.5) is 0 Å². The van der Waals surface area contributed by atoms with Gasteiger partial charge in [0, 0.05) is 12.0 Å². The molecule has 0 bridgehead atoms. The minimum Gasteiger partial charge on any atom is -0.485 e. The van der Waals surface area contributed by atoms with Gasteiger partial charge in [-0.2, -0.15) is 0 Å². The first-order chi connectivity index (χ1) is 9.14. The third-order valence-corrected chi connectivity index (χ3v) is 3.29. The Morgan fingerprint density at radius 2 is 1.84 bits per heavy atom. The van der Waals surface area contributed by atoms with Gasteiger partial charge in [-0.25, -0.2) is 0 Å². The highest BCUT2D eigenvalue weighted by Crippen LogP contribution is 2.41. The summed E-state index contributed by atoms with van der Waals surface area (Å²) in [5.41, 5.74) is 2.27.